The second-order valence-electron chi connectivity index (χ2n) is 27.4. The summed E-state index contributed by atoms with van der Waals surface area (Å²) in [7, 11) is 0. The van der Waals surface area contributed by atoms with Gasteiger partial charge in [-0.3, -0.25) is 69.2 Å². The Bertz CT molecular complexity index is 3410. The molecule has 0 unspecified atom stereocenters. The van der Waals surface area contributed by atoms with Crippen LogP contribution >= 0.6 is 23.5 Å². The number of carboxylic acids is 2. The van der Waals surface area contributed by atoms with Gasteiger partial charge in [-0.15, -0.1) is 0 Å². The third-order valence-corrected chi connectivity index (χ3v) is 19.8. The van der Waals surface area contributed by atoms with Gasteiger partial charge in [-0.05, 0) is 136 Å². The summed E-state index contributed by atoms with van der Waals surface area (Å²) in [5, 5.41) is 59.4. The number of amides is 11. The number of aromatic hydroxyl groups is 1. The predicted octanol–water partition coefficient (Wildman–Crippen LogP) is -4.15. The summed E-state index contributed by atoms with van der Waals surface area (Å²) in [6.07, 6.45) is 2.49. The minimum absolute atomic E-state index is 0.00456. The number of phenols is 1. The molecule has 104 heavy (non-hydrogen) atoms. The molecule has 572 valence electrons. The smallest absolute Gasteiger partial charge is 0.338 e. The highest BCUT2D eigenvalue weighted by Gasteiger charge is 2.43. The van der Waals surface area contributed by atoms with Crippen molar-refractivity contribution in [1.82, 2.24) is 52.3 Å². The Morgan fingerprint density at radius 1 is 0.615 bits per heavy atom. The Morgan fingerprint density at radius 2 is 1.15 bits per heavy atom. The average Bonchev–Trinajstić information content (AvgIpc) is 1.61. The number of nitrogens with two attached hydrogens (primary N) is 3. The summed E-state index contributed by atoms with van der Waals surface area (Å²) in [6.45, 7) is 7.72. The lowest BCUT2D eigenvalue weighted by atomic mass is 9.87. The highest BCUT2D eigenvalue weighted by atomic mass is 32.2. The minimum Gasteiger partial charge on any atom is -0.550 e. The van der Waals surface area contributed by atoms with Crippen LogP contribution < -0.4 is 79.7 Å². The molecule has 0 spiro atoms. The number of carbonyl (C=O) groups is 13. The fourth-order valence-corrected chi connectivity index (χ4v) is 14.3. The number of ether oxygens (including phenoxy) is 1. The van der Waals surface area contributed by atoms with Crippen molar-refractivity contribution in [2.24, 2.45) is 27.8 Å². The Morgan fingerprint density at radius 3 is 1.77 bits per heavy atom. The summed E-state index contributed by atoms with van der Waals surface area (Å²) >= 11 is 2.41. The van der Waals surface area contributed by atoms with Crippen molar-refractivity contribution in [3.8, 4) is 11.5 Å². The van der Waals surface area contributed by atoms with Gasteiger partial charge in [0, 0.05) is 60.9 Å². The summed E-state index contributed by atoms with van der Waals surface area (Å²) in [5.41, 5.74) is 18.2. The van der Waals surface area contributed by atoms with Gasteiger partial charge >= 0.3 is 5.96 Å². The zero-order chi connectivity index (χ0) is 76.0. The first kappa shape index (κ1) is 83.5. The number of rotatable bonds is 16. The Hall–Kier alpha value is -9.41. The van der Waals surface area contributed by atoms with Gasteiger partial charge < -0.3 is 92.6 Å². The van der Waals surface area contributed by atoms with Gasteiger partial charge in [-0.25, -0.2) is 0 Å². The lowest BCUT2D eigenvalue weighted by Gasteiger charge is -2.33. The molecule has 11 amide bonds. The monoisotopic (exact) mass is 1490 g/mol. The van der Waals surface area contributed by atoms with E-state index in [2.05, 4.69) is 52.7 Å². The van der Waals surface area contributed by atoms with E-state index in [1.54, 1.807) is 32.9 Å². The van der Waals surface area contributed by atoms with Crippen molar-refractivity contribution in [2.45, 2.75) is 215 Å². The summed E-state index contributed by atoms with van der Waals surface area (Å²) in [6, 6.07) is -3.64. The molecule has 16 N–H and O–H groups in total. The van der Waals surface area contributed by atoms with E-state index in [9.17, 15) is 72.9 Å². The first-order valence-electron chi connectivity index (χ1n) is 35.2. The number of unbranched alkanes of at least 4 members (excludes halogenated alkanes) is 1. The predicted molar refractivity (Wildman–Crippen MR) is 379 cm³/mol. The number of hydrogen-bond acceptors (Lipinski definition) is 21. The van der Waals surface area contributed by atoms with Crippen molar-refractivity contribution in [3.05, 3.63) is 59.2 Å². The SMILES string of the molecule is CCCC[C@@H]1NC(=O)[C@@H]2CCCN2C(=O)[C@@H]2CSCc3cc(cc(c3)OCCCCCCO/N=C/C(=O)N[C@@H](CCC[NH+]=C(N)N)C(=O)N2)CSC[C@@H](C(N)=O)NC(=O)[C@H](CCC(=O)[O-])NC(=O)[C@H](Cc2ccc(O)cc2)NC(=O)[C@@H]2CCCN2C(=O)[C@H](CC(C)(C)C)NC(=O)[C@H](CC(=O)[O-])NC1=O. The Labute approximate surface area is 612 Å². The van der Waals surface area contributed by atoms with Crippen LogP contribution in [0.5, 0.6) is 11.5 Å². The first-order chi connectivity index (χ1) is 49.5. The number of primary amides is 1. The molecule has 2 saturated heterocycles. The molecule has 6 rings (SSSR count). The molecule has 2 fully saturated rings. The number of guanidine groups is 1. The lowest BCUT2D eigenvalue weighted by molar-refractivity contribution is -0.459. The molecule has 0 radical (unpaired) electrons. The standard InChI is InChI=1S/C69H101N15O18S2/c1-5-6-14-46-60(93)78-49(33-57(89)90)63(96)80-50(34-69(2,3)4)66(99)83-25-12-17-54(83)65(98)79-48(32-40-18-20-43(85)21-19-40)62(95)76-47(22-23-56(87)88)61(94)81-51(58(70)91)38-103-36-41-29-42-31-44(30-41)101-27-9-7-8-10-28-102-74-35-55(86)75-45(15-11-24-73-68(71)72)59(92)82-52(39-104-37-42)67(100)84-26-13-16-53(84)64(97)77-46/h18-21,29-31,35,45-54,85H,5-17,22-28,32-34,36-39H2,1-4H3,(H2,70,91)(H,75,86)(H,76,95)(H,77,97)(H,78,93)(H,79,98)(H,80,96)(H,81,94)(H,82,92)(H,87,88)(H,89,90)(H4,71,72,73)/p-1/b74-35+/t45-,46-,47-,48-,49-,50-,51-,52-,53-,54-/m0/s1. The zero-order valence-corrected chi connectivity index (χ0v) is 60.9. The average molecular weight is 1490 g/mol. The van der Waals surface area contributed by atoms with Gasteiger partial charge in [-0.2, -0.15) is 23.5 Å². The van der Waals surface area contributed by atoms with Crippen LogP contribution in [0.4, 0.5) is 0 Å². The number of nitrogens with one attached hydrogen (secondary N) is 9. The van der Waals surface area contributed by atoms with Crippen LogP contribution in [0.3, 0.4) is 0 Å². The van der Waals surface area contributed by atoms with E-state index in [0.29, 0.717) is 61.2 Å². The van der Waals surface area contributed by atoms with Crippen LogP contribution in [0.2, 0.25) is 0 Å². The summed E-state index contributed by atoms with van der Waals surface area (Å²) < 4.78 is 6.29. The van der Waals surface area contributed by atoms with Gasteiger partial charge in [0.05, 0.1) is 13.2 Å². The topological polar surface area (TPSA) is 514 Å². The van der Waals surface area contributed by atoms with Crippen LogP contribution in [-0.4, -0.2) is 209 Å². The maximum Gasteiger partial charge on any atom is 0.338 e. The molecule has 2 aromatic rings. The number of hydrogen-bond donors (Lipinski definition) is 13. The molecule has 35 heteroatoms. The molecule has 0 saturated carbocycles. The fraction of sp³-hybridized carbons (Fsp3) is 0.609. The number of carboxylic acid groups (broad SMARTS) is 2. The number of thioether (sulfide) groups is 2. The van der Waals surface area contributed by atoms with E-state index in [1.165, 1.54) is 57.6 Å². The summed E-state index contributed by atoms with van der Waals surface area (Å²) in [4.78, 5) is 194. The van der Waals surface area contributed by atoms with Gasteiger partial charge in [0.15, 0.2) is 0 Å². The number of nitrogens with zero attached hydrogens (tertiary/aromatic N) is 3. The van der Waals surface area contributed by atoms with Crippen LogP contribution in [0.1, 0.15) is 154 Å². The van der Waals surface area contributed by atoms with Gasteiger partial charge in [0.25, 0.3) is 5.91 Å². The van der Waals surface area contributed by atoms with Crippen molar-refractivity contribution < 1.29 is 92.2 Å². The molecular formula is C69H100N15O18S2-. The van der Waals surface area contributed by atoms with Gasteiger partial charge in [-0.1, -0.05) is 63.9 Å². The molecule has 0 aromatic heterocycles. The third-order valence-electron chi connectivity index (χ3n) is 17.6. The number of carbonyl (C=O) groups excluding carboxylic acids is 13. The Balaban J connectivity index is 1.43. The minimum atomic E-state index is -1.92. The van der Waals surface area contributed by atoms with Crippen LogP contribution in [-0.2, 0) is 85.1 Å². The van der Waals surface area contributed by atoms with Crippen molar-refractivity contribution in [2.75, 3.05) is 44.4 Å². The molecule has 4 aliphatic heterocycles. The van der Waals surface area contributed by atoms with Crippen molar-refractivity contribution in [1.29, 1.82) is 0 Å². The molecular weight excluding hydrogens is 1390 g/mol. The van der Waals surface area contributed by atoms with E-state index in [1.807, 2.05) is 13.0 Å². The highest BCUT2D eigenvalue weighted by Crippen LogP contribution is 2.29. The van der Waals surface area contributed by atoms with Crippen LogP contribution in [0.25, 0.3) is 0 Å². The molecule has 4 aliphatic rings. The van der Waals surface area contributed by atoms with E-state index < -0.39 is 162 Å². The molecule has 2 aromatic carbocycles. The quantitative estimate of drug-likeness (QED) is 0.0431. The van der Waals surface area contributed by atoms with E-state index in [4.69, 9.17) is 26.8 Å². The molecule has 4 heterocycles. The second-order valence-corrected chi connectivity index (χ2v) is 29.5. The summed E-state index contributed by atoms with van der Waals surface area (Å²) in [5.74, 6) is -12.8. The van der Waals surface area contributed by atoms with Gasteiger partial charge in [0.1, 0.15) is 84.7 Å². The molecule has 10 atom stereocenters. The van der Waals surface area contributed by atoms with Crippen molar-refractivity contribution in [3.63, 3.8) is 0 Å². The zero-order valence-electron chi connectivity index (χ0n) is 59.3. The van der Waals surface area contributed by atoms with E-state index >= 15 is 4.79 Å². The highest BCUT2D eigenvalue weighted by molar-refractivity contribution is 7.98. The number of benzene rings is 2. The third kappa shape index (κ3) is 28.0. The Kier molecular flexibility index (Phi) is 33.6. The maximum atomic E-state index is 15.2. The largest absolute Gasteiger partial charge is 0.550 e. The molecule has 0 aliphatic carbocycles. The maximum absolute atomic E-state index is 15.2. The van der Waals surface area contributed by atoms with E-state index in [0.717, 1.165) is 19.1 Å². The number of fused-ring (bicyclic) bond motifs is 7. The lowest BCUT2D eigenvalue weighted by Crippen LogP contribution is -2.78. The van der Waals surface area contributed by atoms with Crippen LogP contribution in [0.15, 0.2) is 47.6 Å². The van der Waals surface area contributed by atoms with E-state index in [-0.39, 0.29) is 112 Å². The van der Waals surface area contributed by atoms with Crippen LogP contribution in [0, 0.1) is 5.41 Å². The second kappa shape index (κ2) is 41.8. The fourth-order valence-electron chi connectivity index (χ4n) is 12.3. The first-order valence-corrected chi connectivity index (χ1v) is 37.5. The number of oxime groups is 1. The normalized spacial score (nSPS) is 25.2. The number of phenolic OH excluding ortho intramolecular Hbond substituents is 1. The number of aliphatic carboxylic acids is 2. The van der Waals surface area contributed by atoms with Gasteiger partial charge in [0.2, 0.25) is 59.1 Å². The molecule has 4 bridgehead atoms. The van der Waals surface area contributed by atoms with Crippen molar-refractivity contribution >= 4 is 113 Å². The molecule has 33 nitrogen and oxygen atoms in total.